The van der Waals surface area contributed by atoms with Gasteiger partial charge in [-0.05, 0) is 12.5 Å². The van der Waals surface area contributed by atoms with Crippen molar-refractivity contribution < 1.29 is 13.2 Å². The number of fused-ring (bicyclic) bond motifs is 1. The monoisotopic (exact) mass is 386 g/mol. The summed E-state index contributed by atoms with van der Waals surface area (Å²) in [4.78, 5) is 25.0. The fraction of sp³-hybridized carbons (Fsp3) is 0.421. The third-order valence-corrected chi connectivity index (χ3v) is 7.12. The number of carbonyl (C=O) groups is 1. The van der Waals surface area contributed by atoms with Crippen LogP contribution in [0.3, 0.4) is 0 Å². The Kier molecular flexibility index (Phi) is 4.69. The number of aryl methyl sites for hydroxylation is 1. The van der Waals surface area contributed by atoms with E-state index in [9.17, 15) is 13.2 Å². The van der Waals surface area contributed by atoms with Crippen molar-refractivity contribution in [2.24, 2.45) is 0 Å². The molecule has 2 atom stereocenters. The molecular formula is C19H22N4O3S. The van der Waals surface area contributed by atoms with Crippen molar-refractivity contribution in [3.8, 4) is 0 Å². The number of piperazine rings is 1. The molecule has 1 aromatic heterocycles. The lowest BCUT2D eigenvalue weighted by Gasteiger charge is -2.44. The van der Waals surface area contributed by atoms with Crippen LogP contribution < -0.4 is 0 Å². The second-order valence-corrected chi connectivity index (χ2v) is 9.34. The van der Waals surface area contributed by atoms with Gasteiger partial charge in [-0.15, -0.1) is 0 Å². The number of carbonyl (C=O) groups excluding carboxylic acids is 1. The molecule has 2 fully saturated rings. The summed E-state index contributed by atoms with van der Waals surface area (Å²) in [6.45, 7) is 3.59. The van der Waals surface area contributed by atoms with Crippen LogP contribution in [-0.4, -0.2) is 70.8 Å². The smallest absolute Gasteiger partial charge is 0.257 e. The van der Waals surface area contributed by atoms with E-state index in [1.165, 1.54) is 12.5 Å². The molecule has 0 bridgehead atoms. The fourth-order valence-corrected chi connectivity index (χ4v) is 6.06. The largest absolute Gasteiger partial charge is 0.332 e. The van der Waals surface area contributed by atoms with Gasteiger partial charge in [-0.2, -0.15) is 0 Å². The van der Waals surface area contributed by atoms with Crippen LogP contribution in [0.5, 0.6) is 0 Å². The highest BCUT2D eigenvalue weighted by atomic mass is 32.2. The zero-order valence-electron chi connectivity index (χ0n) is 15.2. The van der Waals surface area contributed by atoms with Gasteiger partial charge in [0.15, 0.2) is 9.84 Å². The average molecular weight is 386 g/mol. The number of rotatable bonds is 3. The molecule has 3 heterocycles. The summed E-state index contributed by atoms with van der Waals surface area (Å²) in [5.74, 6) is -0.0699. The highest BCUT2D eigenvalue weighted by Crippen LogP contribution is 2.29. The van der Waals surface area contributed by atoms with Gasteiger partial charge >= 0.3 is 0 Å². The van der Waals surface area contributed by atoms with E-state index >= 15 is 0 Å². The van der Waals surface area contributed by atoms with Gasteiger partial charge in [0.25, 0.3) is 5.91 Å². The molecule has 0 aliphatic carbocycles. The lowest BCUT2D eigenvalue weighted by Crippen LogP contribution is -2.60. The summed E-state index contributed by atoms with van der Waals surface area (Å²) in [5.41, 5.74) is 2.20. The summed E-state index contributed by atoms with van der Waals surface area (Å²) >= 11 is 0. The lowest BCUT2D eigenvalue weighted by atomic mass is 10.0. The zero-order valence-corrected chi connectivity index (χ0v) is 16.0. The van der Waals surface area contributed by atoms with Crippen LogP contribution in [0.2, 0.25) is 0 Å². The Hall–Kier alpha value is -2.32. The Morgan fingerprint density at radius 1 is 1.15 bits per heavy atom. The zero-order chi connectivity index (χ0) is 19.0. The molecule has 1 amide bonds. The molecular weight excluding hydrogens is 364 g/mol. The third-order valence-electron chi connectivity index (χ3n) is 5.42. The standard InChI is InChI=1S/C19H22N4O3S/c1-14-16(9-20-13-21-14)19(24)23-8-7-22(10-15-5-3-2-4-6-15)17-11-27(25,26)12-18(17)23/h2-6,9,13,17-18H,7-8,10-12H2,1H3/t17-,18+/m1/s1. The molecule has 2 saturated heterocycles. The summed E-state index contributed by atoms with van der Waals surface area (Å²) in [6, 6.07) is 9.50. The minimum atomic E-state index is -3.18. The van der Waals surface area contributed by atoms with Crippen molar-refractivity contribution in [1.29, 1.82) is 0 Å². The predicted molar refractivity (Wildman–Crippen MR) is 101 cm³/mol. The molecule has 0 N–H and O–H groups in total. The highest BCUT2D eigenvalue weighted by molar-refractivity contribution is 7.91. The quantitative estimate of drug-likeness (QED) is 0.780. The Labute approximate surface area is 159 Å². The maximum atomic E-state index is 13.1. The van der Waals surface area contributed by atoms with Gasteiger partial charge in [-0.3, -0.25) is 9.69 Å². The number of hydrogen-bond acceptors (Lipinski definition) is 6. The lowest BCUT2D eigenvalue weighted by molar-refractivity contribution is 0.0305. The van der Waals surface area contributed by atoms with E-state index in [-0.39, 0.29) is 29.5 Å². The van der Waals surface area contributed by atoms with Crippen molar-refractivity contribution >= 4 is 15.7 Å². The number of amides is 1. The molecule has 0 spiro atoms. The number of sulfone groups is 1. The maximum absolute atomic E-state index is 13.1. The summed E-state index contributed by atoms with van der Waals surface area (Å²) in [6.07, 6.45) is 2.92. The maximum Gasteiger partial charge on any atom is 0.257 e. The van der Waals surface area contributed by atoms with Crippen molar-refractivity contribution in [2.45, 2.75) is 25.6 Å². The van der Waals surface area contributed by atoms with Crippen LogP contribution in [-0.2, 0) is 16.4 Å². The van der Waals surface area contributed by atoms with Crippen LogP contribution >= 0.6 is 0 Å². The van der Waals surface area contributed by atoms with Gasteiger partial charge in [0.1, 0.15) is 6.33 Å². The molecule has 2 aliphatic rings. The van der Waals surface area contributed by atoms with E-state index in [0.717, 1.165) is 5.56 Å². The number of hydrogen-bond donors (Lipinski definition) is 0. The van der Waals surface area contributed by atoms with Gasteiger partial charge in [-0.25, -0.2) is 18.4 Å². The minimum absolute atomic E-state index is 0.0153. The molecule has 7 nitrogen and oxygen atoms in total. The van der Waals surface area contributed by atoms with Gasteiger partial charge in [-0.1, -0.05) is 30.3 Å². The van der Waals surface area contributed by atoms with Gasteiger partial charge in [0, 0.05) is 31.9 Å². The SMILES string of the molecule is Cc1ncncc1C(=O)N1CCN(Cc2ccccc2)[C@@H]2CS(=O)(=O)C[C@@H]21. The Morgan fingerprint density at radius 3 is 2.63 bits per heavy atom. The molecule has 2 aliphatic heterocycles. The van der Waals surface area contributed by atoms with E-state index in [4.69, 9.17) is 0 Å². The van der Waals surface area contributed by atoms with Crippen LogP contribution in [0, 0.1) is 6.92 Å². The number of benzene rings is 1. The van der Waals surface area contributed by atoms with Crippen molar-refractivity contribution in [1.82, 2.24) is 19.8 Å². The van der Waals surface area contributed by atoms with E-state index in [2.05, 4.69) is 14.9 Å². The first kappa shape index (κ1) is 18.1. The van der Waals surface area contributed by atoms with E-state index in [0.29, 0.717) is 30.9 Å². The van der Waals surface area contributed by atoms with E-state index in [1.807, 2.05) is 30.3 Å². The normalized spacial score (nSPS) is 24.6. The fourth-order valence-electron chi connectivity index (χ4n) is 4.05. The molecule has 142 valence electrons. The van der Waals surface area contributed by atoms with E-state index < -0.39 is 9.84 Å². The van der Waals surface area contributed by atoms with Crippen LogP contribution in [0.1, 0.15) is 21.6 Å². The Bertz CT molecular complexity index is 948. The first-order chi connectivity index (χ1) is 12.9. The molecule has 8 heteroatoms. The first-order valence-electron chi connectivity index (χ1n) is 9.00. The Morgan fingerprint density at radius 2 is 1.89 bits per heavy atom. The van der Waals surface area contributed by atoms with Gasteiger partial charge < -0.3 is 4.90 Å². The molecule has 4 rings (SSSR count). The molecule has 1 aromatic carbocycles. The number of nitrogens with zero attached hydrogens (tertiary/aromatic N) is 4. The molecule has 0 unspecified atom stereocenters. The second kappa shape index (κ2) is 7.01. The number of aromatic nitrogens is 2. The topological polar surface area (TPSA) is 83.5 Å². The van der Waals surface area contributed by atoms with Crippen molar-refractivity contribution in [2.75, 3.05) is 24.6 Å². The molecule has 27 heavy (non-hydrogen) atoms. The first-order valence-corrected chi connectivity index (χ1v) is 10.8. The highest BCUT2D eigenvalue weighted by Gasteiger charge is 2.48. The molecule has 2 aromatic rings. The summed E-state index contributed by atoms with van der Waals surface area (Å²) in [7, 11) is -3.18. The van der Waals surface area contributed by atoms with Gasteiger partial charge in [0.05, 0.1) is 28.8 Å². The van der Waals surface area contributed by atoms with Gasteiger partial charge in [0.2, 0.25) is 0 Å². The van der Waals surface area contributed by atoms with Crippen molar-refractivity contribution in [3.05, 3.63) is 59.7 Å². The van der Waals surface area contributed by atoms with Crippen molar-refractivity contribution in [3.63, 3.8) is 0 Å². The van der Waals surface area contributed by atoms with Crippen LogP contribution in [0.25, 0.3) is 0 Å². The molecule has 0 saturated carbocycles. The molecule has 0 radical (unpaired) electrons. The Balaban J connectivity index is 1.60. The van der Waals surface area contributed by atoms with E-state index in [1.54, 1.807) is 11.8 Å². The second-order valence-electron chi connectivity index (χ2n) is 7.19. The predicted octanol–water partition coefficient (Wildman–Crippen LogP) is 0.909. The minimum Gasteiger partial charge on any atom is -0.332 e. The van der Waals surface area contributed by atoms with Crippen LogP contribution in [0.4, 0.5) is 0 Å². The summed E-state index contributed by atoms with van der Waals surface area (Å²) in [5, 5.41) is 0. The third kappa shape index (κ3) is 3.59. The summed E-state index contributed by atoms with van der Waals surface area (Å²) < 4.78 is 24.8. The average Bonchev–Trinajstić information content (AvgIpc) is 2.98. The van der Waals surface area contributed by atoms with Crippen LogP contribution in [0.15, 0.2) is 42.9 Å².